The van der Waals surface area contributed by atoms with Crippen LogP contribution in [0.25, 0.3) is 6.08 Å². The number of benzene rings is 3. The van der Waals surface area contributed by atoms with E-state index in [0.717, 1.165) is 29.3 Å². The molecule has 0 aromatic heterocycles. The molecule has 0 heterocycles. The van der Waals surface area contributed by atoms with Crippen LogP contribution in [-0.2, 0) is 6.61 Å². The maximum absolute atomic E-state index is 13.6. The number of ether oxygens (including phenoxy) is 1. The van der Waals surface area contributed by atoms with E-state index in [-0.39, 0.29) is 0 Å². The molecule has 3 aromatic rings. The number of hydrogen-bond acceptors (Lipinski definition) is 2. The molecule has 26 heavy (non-hydrogen) atoms. The van der Waals surface area contributed by atoms with Gasteiger partial charge in [0.1, 0.15) is 24.0 Å². The molecule has 0 atom stereocenters. The van der Waals surface area contributed by atoms with Crippen molar-refractivity contribution in [3.8, 4) is 5.75 Å². The quantitative estimate of drug-likeness (QED) is 0.437. The third-order valence-corrected chi connectivity index (χ3v) is 3.76. The lowest BCUT2D eigenvalue weighted by molar-refractivity contribution is 0.104. The number of halogens is 2. The molecule has 0 saturated heterocycles. The van der Waals surface area contributed by atoms with Crippen molar-refractivity contribution in [2.75, 3.05) is 0 Å². The van der Waals surface area contributed by atoms with Gasteiger partial charge in [-0.2, -0.15) is 0 Å². The number of rotatable bonds is 6. The summed E-state index contributed by atoms with van der Waals surface area (Å²) in [4.78, 5) is 12.0. The maximum atomic E-state index is 13.6. The first kappa shape index (κ1) is 17.5. The van der Waals surface area contributed by atoms with Gasteiger partial charge in [-0.05, 0) is 41.5 Å². The lowest BCUT2D eigenvalue weighted by atomic mass is 10.1. The summed E-state index contributed by atoms with van der Waals surface area (Å²) in [5.41, 5.74) is 1.24. The molecule has 3 aromatic carbocycles. The van der Waals surface area contributed by atoms with E-state index in [2.05, 4.69) is 0 Å². The second-order valence-electron chi connectivity index (χ2n) is 5.64. The highest BCUT2D eigenvalue weighted by Crippen LogP contribution is 2.17. The molecule has 0 bridgehead atoms. The van der Waals surface area contributed by atoms with Gasteiger partial charge in [0, 0.05) is 0 Å². The molecule has 3 rings (SSSR count). The number of carbonyl (C=O) groups is 1. The fraction of sp³-hybridized carbons (Fsp3) is 0.0455. The lowest BCUT2D eigenvalue weighted by Crippen LogP contribution is -2.02. The van der Waals surface area contributed by atoms with Crippen LogP contribution in [0.15, 0.2) is 78.9 Å². The summed E-state index contributed by atoms with van der Waals surface area (Å²) in [5.74, 6) is -1.77. The summed E-state index contributed by atoms with van der Waals surface area (Å²) in [5, 5.41) is 0. The van der Waals surface area contributed by atoms with Crippen molar-refractivity contribution < 1.29 is 18.3 Å². The van der Waals surface area contributed by atoms with Gasteiger partial charge in [-0.15, -0.1) is 0 Å². The van der Waals surface area contributed by atoms with Crippen LogP contribution >= 0.6 is 0 Å². The largest absolute Gasteiger partial charge is 0.489 e. The van der Waals surface area contributed by atoms with Crippen molar-refractivity contribution in [3.63, 3.8) is 0 Å². The van der Waals surface area contributed by atoms with Gasteiger partial charge in [-0.3, -0.25) is 4.79 Å². The van der Waals surface area contributed by atoms with E-state index < -0.39 is 23.0 Å². The number of hydrogen-bond donors (Lipinski definition) is 0. The van der Waals surface area contributed by atoms with E-state index in [1.807, 2.05) is 30.3 Å². The fourth-order valence-corrected chi connectivity index (χ4v) is 2.40. The van der Waals surface area contributed by atoms with E-state index in [1.54, 1.807) is 24.3 Å². The van der Waals surface area contributed by atoms with Gasteiger partial charge < -0.3 is 4.74 Å². The monoisotopic (exact) mass is 350 g/mol. The van der Waals surface area contributed by atoms with Crippen LogP contribution in [0.5, 0.6) is 5.75 Å². The van der Waals surface area contributed by atoms with E-state index >= 15 is 0 Å². The highest BCUT2D eigenvalue weighted by molar-refractivity contribution is 6.07. The molecular formula is C22H16F2O2. The van der Waals surface area contributed by atoms with Crippen LogP contribution in [-0.4, -0.2) is 5.78 Å². The second-order valence-corrected chi connectivity index (χ2v) is 5.64. The summed E-state index contributed by atoms with van der Waals surface area (Å²) in [7, 11) is 0. The van der Waals surface area contributed by atoms with Crippen LogP contribution < -0.4 is 4.74 Å². The van der Waals surface area contributed by atoms with Gasteiger partial charge in [-0.1, -0.05) is 54.6 Å². The normalized spacial score (nSPS) is 10.8. The zero-order chi connectivity index (χ0) is 18.4. The fourth-order valence-electron chi connectivity index (χ4n) is 2.40. The third kappa shape index (κ3) is 4.42. The van der Waals surface area contributed by atoms with E-state index in [4.69, 9.17) is 4.74 Å². The van der Waals surface area contributed by atoms with Gasteiger partial charge in [0.05, 0.1) is 5.56 Å². The van der Waals surface area contributed by atoms with Crippen LogP contribution in [0.1, 0.15) is 21.5 Å². The van der Waals surface area contributed by atoms with Crippen LogP contribution in [0, 0.1) is 11.6 Å². The Morgan fingerprint density at radius 2 is 1.50 bits per heavy atom. The molecule has 0 amide bonds. The minimum atomic E-state index is -0.871. The standard InChI is InChI=1S/C22H16F2O2/c23-19-7-4-8-20(24)22(19)21(25)14-11-16-9-12-18(13-10-16)26-15-17-5-2-1-3-6-17/h1-14H,15H2/b14-11+. The van der Waals surface area contributed by atoms with Crippen LogP contribution in [0.2, 0.25) is 0 Å². The Labute approximate surface area is 150 Å². The molecule has 2 nitrogen and oxygen atoms in total. The number of allylic oxidation sites excluding steroid dienone is 1. The summed E-state index contributed by atoms with van der Waals surface area (Å²) in [6.07, 6.45) is 2.66. The Kier molecular flexibility index (Phi) is 5.54. The van der Waals surface area contributed by atoms with Crippen molar-refractivity contribution in [3.05, 3.63) is 107 Å². The van der Waals surface area contributed by atoms with Crippen molar-refractivity contribution in [1.82, 2.24) is 0 Å². The number of carbonyl (C=O) groups excluding carboxylic acids is 1. The summed E-state index contributed by atoms with van der Waals surface area (Å²) < 4.78 is 32.9. The zero-order valence-corrected chi connectivity index (χ0v) is 13.9. The van der Waals surface area contributed by atoms with Crippen molar-refractivity contribution in [2.24, 2.45) is 0 Å². The van der Waals surface area contributed by atoms with Gasteiger partial charge in [0.25, 0.3) is 0 Å². The molecule has 0 saturated carbocycles. The molecular weight excluding hydrogens is 334 g/mol. The maximum Gasteiger partial charge on any atom is 0.191 e. The molecule has 4 heteroatoms. The van der Waals surface area contributed by atoms with Gasteiger partial charge in [0.15, 0.2) is 5.78 Å². The minimum absolute atomic E-state index is 0.459. The Morgan fingerprint density at radius 1 is 0.846 bits per heavy atom. The molecule has 0 aliphatic carbocycles. The lowest BCUT2D eigenvalue weighted by Gasteiger charge is -2.06. The van der Waals surface area contributed by atoms with E-state index in [0.29, 0.717) is 12.4 Å². The first-order chi connectivity index (χ1) is 12.6. The highest BCUT2D eigenvalue weighted by Gasteiger charge is 2.14. The minimum Gasteiger partial charge on any atom is -0.489 e. The molecule has 130 valence electrons. The molecule has 0 radical (unpaired) electrons. The van der Waals surface area contributed by atoms with Gasteiger partial charge in [0.2, 0.25) is 0 Å². The average molecular weight is 350 g/mol. The third-order valence-electron chi connectivity index (χ3n) is 3.76. The number of ketones is 1. The summed E-state index contributed by atoms with van der Waals surface area (Å²) in [6.45, 7) is 0.459. The Bertz CT molecular complexity index is 896. The Morgan fingerprint density at radius 3 is 2.15 bits per heavy atom. The summed E-state index contributed by atoms with van der Waals surface area (Å²) in [6, 6.07) is 20.2. The van der Waals surface area contributed by atoms with Crippen LogP contribution in [0.4, 0.5) is 8.78 Å². The first-order valence-electron chi connectivity index (χ1n) is 8.07. The SMILES string of the molecule is O=C(/C=C/c1ccc(OCc2ccccc2)cc1)c1c(F)cccc1F. The molecule has 0 aliphatic heterocycles. The van der Waals surface area contributed by atoms with Crippen molar-refractivity contribution in [1.29, 1.82) is 0 Å². The van der Waals surface area contributed by atoms with Crippen LogP contribution in [0.3, 0.4) is 0 Å². The molecule has 0 aliphatic rings. The molecule has 0 fully saturated rings. The zero-order valence-electron chi connectivity index (χ0n) is 13.9. The summed E-state index contributed by atoms with van der Waals surface area (Å²) >= 11 is 0. The average Bonchev–Trinajstić information content (AvgIpc) is 2.66. The van der Waals surface area contributed by atoms with E-state index in [9.17, 15) is 13.6 Å². The highest BCUT2D eigenvalue weighted by atomic mass is 19.1. The predicted octanol–water partition coefficient (Wildman–Crippen LogP) is 5.44. The predicted molar refractivity (Wildman–Crippen MR) is 96.9 cm³/mol. The first-order valence-corrected chi connectivity index (χ1v) is 8.07. The smallest absolute Gasteiger partial charge is 0.191 e. The topological polar surface area (TPSA) is 26.3 Å². The van der Waals surface area contributed by atoms with Gasteiger partial charge >= 0.3 is 0 Å². The molecule has 0 spiro atoms. The van der Waals surface area contributed by atoms with Crippen molar-refractivity contribution >= 4 is 11.9 Å². The Balaban J connectivity index is 1.63. The molecule has 0 unspecified atom stereocenters. The molecule has 0 N–H and O–H groups in total. The van der Waals surface area contributed by atoms with E-state index in [1.165, 1.54) is 12.1 Å². The van der Waals surface area contributed by atoms with Crippen molar-refractivity contribution in [2.45, 2.75) is 6.61 Å². The second kappa shape index (κ2) is 8.21. The van der Waals surface area contributed by atoms with Gasteiger partial charge in [-0.25, -0.2) is 8.78 Å². The Hall–Kier alpha value is -3.27.